The average molecular weight is 575 g/mol. The molecule has 0 saturated heterocycles. The molecule has 0 spiro atoms. The summed E-state index contributed by atoms with van der Waals surface area (Å²) in [6.07, 6.45) is 3.45. The molecule has 210 valence electrons. The van der Waals surface area contributed by atoms with Gasteiger partial charge in [0.05, 0.1) is 24.2 Å². The fraction of sp³-hybridized carbons (Fsp3) is 0.367. The van der Waals surface area contributed by atoms with Crippen molar-refractivity contribution in [2.24, 2.45) is 0 Å². The summed E-state index contributed by atoms with van der Waals surface area (Å²) in [5, 5.41) is -0.883. The van der Waals surface area contributed by atoms with Gasteiger partial charge in [-0.25, -0.2) is 8.42 Å². The van der Waals surface area contributed by atoms with Crippen LogP contribution in [0, 0.1) is 0 Å². The maximum Gasteiger partial charge on any atom is 0.328 e. The number of alkyl halides is 1. The molecule has 3 rings (SSSR count). The average Bonchev–Trinajstić information content (AvgIpc) is 2.90. The van der Waals surface area contributed by atoms with Crippen molar-refractivity contribution in [2.75, 3.05) is 19.5 Å². The Kier molecular flexibility index (Phi) is 11.1. The topological polar surface area (TPSA) is 88.1 Å². The van der Waals surface area contributed by atoms with Crippen LogP contribution in [0.25, 0.3) is 0 Å². The van der Waals surface area contributed by atoms with E-state index in [9.17, 15) is 13.2 Å². The van der Waals surface area contributed by atoms with Crippen LogP contribution >= 0.6 is 11.6 Å². The van der Waals surface area contributed by atoms with E-state index in [-0.39, 0.29) is 17.6 Å². The molecule has 3 aromatic carbocycles. The van der Waals surface area contributed by atoms with Gasteiger partial charge in [0.15, 0.2) is 15.2 Å². The second-order valence-corrected chi connectivity index (χ2v) is 11.6. The largest absolute Gasteiger partial charge is 0.493 e. The molecule has 0 heterocycles. The highest BCUT2D eigenvalue weighted by atomic mass is 35.5. The van der Waals surface area contributed by atoms with Crippen molar-refractivity contribution in [1.82, 2.24) is 0 Å². The van der Waals surface area contributed by atoms with Crippen molar-refractivity contribution >= 4 is 27.4 Å². The Balaban J connectivity index is 1.58. The van der Waals surface area contributed by atoms with Crippen LogP contribution in [0.4, 0.5) is 0 Å². The molecule has 0 aliphatic carbocycles. The van der Waals surface area contributed by atoms with Crippen LogP contribution in [-0.4, -0.2) is 40.0 Å². The van der Waals surface area contributed by atoms with Crippen LogP contribution in [-0.2, 0) is 25.8 Å². The molecular formula is C30H35ClO7S. The zero-order valence-corrected chi connectivity index (χ0v) is 24.3. The predicted octanol–water partition coefficient (Wildman–Crippen LogP) is 6.91. The monoisotopic (exact) mass is 574 g/mol. The van der Waals surface area contributed by atoms with E-state index >= 15 is 0 Å². The van der Waals surface area contributed by atoms with E-state index in [4.69, 9.17) is 30.5 Å². The Bertz CT molecular complexity index is 1340. The van der Waals surface area contributed by atoms with Crippen molar-refractivity contribution in [1.29, 1.82) is 0 Å². The number of aryl methyl sites for hydroxylation is 1. The fourth-order valence-corrected chi connectivity index (χ4v) is 4.65. The Morgan fingerprint density at radius 1 is 0.949 bits per heavy atom. The van der Waals surface area contributed by atoms with Gasteiger partial charge < -0.3 is 18.9 Å². The van der Waals surface area contributed by atoms with Gasteiger partial charge in [-0.1, -0.05) is 25.5 Å². The zero-order valence-electron chi connectivity index (χ0n) is 22.7. The molecule has 0 radical (unpaired) electrons. The van der Waals surface area contributed by atoms with Crippen molar-refractivity contribution in [3.63, 3.8) is 0 Å². The first-order valence-electron chi connectivity index (χ1n) is 12.9. The van der Waals surface area contributed by atoms with Gasteiger partial charge in [0.1, 0.15) is 23.0 Å². The van der Waals surface area contributed by atoms with Gasteiger partial charge in [0.2, 0.25) is 0 Å². The highest BCUT2D eigenvalue weighted by Crippen LogP contribution is 2.30. The summed E-state index contributed by atoms with van der Waals surface area (Å²) in [7, 11) is -3.26. The van der Waals surface area contributed by atoms with E-state index in [1.54, 1.807) is 37.3 Å². The Morgan fingerprint density at radius 2 is 1.67 bits per heavy atom. The number of rotatable bonds is 14. The molecule has 0 aromatic heterocycles. The number of ether oxygens (including phenoxy) is 4. The number of carbonyl (C=O) groups is 1. The maximum atomic E-state index is 11.9. The first-order valence-corrected chi connectivity index (χ1v) is 15.2. The molecule has 0 saturated carbocycles. The van der Waals surface area contributed by atoms with Crippen molar-refractivity contribution in [3.8, 4) is 23.0 Å². The summed E-state index contributed by atoms with van der Waals surface area (Å²) < 4.78 is 46.4. The number of halogens is 1. The van der Waals surface area contributed by atoms with E-state index in [0.29, 0.717) is 35.8 Å². The molecule has 7 nitrogen and oxygen atoms in total. The van der Waals surface area contributed by atoms with E-state index in [2.05, 4.69) is 6.92 Å². The molecule has 2 atom stereocenters. The lowest BCUT2D eigenvalue weighted by atomic mass is 10.1. The van der Waals surface area contributed by atoms with Gasteiger partial charge in [0, 0.05) is 12.7 Å². The minimum Gasteiger partial charge on any atom is -0.493 e. The molecule has 39 heavy (non-hydrogen) atoms. The predicted molar refractivity (Wildman–Crippen MR) is 152 cm³/mol. The fourth-order valence-electron chi connectivity index (χ4n) is 3.82. The van der Waals surface area contributed by atoms with Crippen molar-refractivity contribution < 1.29 is 32.2 Å². The van der Waals surface area contributed by atoms with Gasteiger partial charge >= 0.3 is 5.97 Å². The van der Waals surface area contributed by atoms with E-state index in [0.717, 1.165) is 24.2 Å². The van der Waals surface area contributed by atoms with Gasteiger partial charge in [0.25, 0.3) is 0 Å². The third-order valence-corrected chi connectivity index (χ3v) is 7.36. The van der Waals surface area contributed by atoms with Gasteiger partial charge in [-0.2, -0.15) is 0 Å². The third kappa shape index (κ3) is 9.18. The van der Waals surface area contributed by atoms with Crippen LogP contribution in [0.15, 0.2) is 71.6 Å². The van der Waals surface area contributed by atoms with Crippen molar-refractivity contribution in [2.45, 2.75) is 56.4 Å². The Labute approximate surface area is 235 Å². The lowest BCUT2D eigenvalue weighted by molar-refractivity contribution is -0.142. The molecule has 0 aliphatic heterocycles. The number of hydrogen-bond donors (Lipinski definition) is 0. The minimum absolute atomic E-state index is 0.112. The quantitative estimate of drug-likeness (QED) is 0.153. The lowest BCUT2D eigenvalue weighted by Gasteiger charge is -2.19. The third-order valence-electron chi connectivity index (χ3n) is 5.80. The molecule has 2 unspecified atom stereocenters. The van der Waals surface area contributed by atoms with Crippen LogP contribution < -0.4 is 14.2 Å². The summed E-state index contributed by atoms with van der Waals surface area (Å²) in [6.45, 7) is 6.51. The van der Waals surface area contributed by atoms with Gasteiger partial charge in [-0.05, 0) is 86.0 Å². The number of esters is 1. The summed E-state index contributed by atoms with van der Waals surface area (Å²) in [5.41, 5.74) is 1.64. The first kappa shape index (κ1) is 30.3. The lowest BCUT2D eigenvalue weighted by Crippen LogP contribution is -2.17. The Hall–Kier alpha value is -3.23. The normalized spacial score (nSPS) is 12.8. The van der Waals surface area contributed by atoms with Gasteiger partial charge in [-0.3, -0.25) is 4.79 Å². The molecule has 0 fully saturated rings. The summed E-state index contributed by atoms with van der Waals surface area (Å²) in [4.78, 5) is 12.2. The van der Waals surface area contributed by atoms with Crippen LogP contribution in [0.1, 0.15) is 50.1 Å². The summed E-state index contributed by atoms with van der Waals surface area (Å²) in [6, 6.07) is 19.1. The summed E-state index contributed by atoms with van der Waals surface area (Å²) >= 11 is 6.22. The molecule has 0 amide bonds. The molecule has 9 heteroatoms. The summed E-state index contributed by atoms with van der Waals surface area (Å²) in [5.74, 6) is 2.12. The highest BCUT2D eigenvalue weighted by molar-refractivity contribution is 7.90. The van der Waals surface area contributed by atoms with E-state index < -0.39 is 21.2 Å². The van der Waals surface area contributed by atoms with E-state index in [1.165, 1.54) is 18.4 Å². The van der Waals surface area contributed by atoms with Crippen LogP contribution in [0.5, 0.6) is 23.0 Å². The molecule has 0 bridgehead atoms. The molecule has 0 N–H and O–H groups in total. The maximum absolute atomic E-state index is 11.9. The number of carbonyl (C=O) groups excluding carboxylic acids is 1. The smallest absolute Gasteiger partial charge is 0.328 e. The number of benzene rings is 3. The van der Waals surface area contributed by atoms with Crippen LogP contribution in [0.2, 0.25) is 0 Å². The molecule has 0 aliphatic rings. The Morgan fingerprint density at radius 3 is 2.33 bits per heavy atom. The minimum atomic E-state index is -3.26. The van der Waals surface area contributed by atoms with E-state index in [1.807, 2.05) is 31.2 Å². The number of sulfone groups is 1. The first-order chi connectivity index (χ1) is 18.6. The van der Waals surface area contributed by atoms with Gasteiger partial charge in [-0.15, -0.1) is 11.6 Å². The SMILES string of the molecule is CCCc1cc(Oc2ccc(S(C)(=O)=O)cc2)ccc1OC(C)CCOc1cccc(C(Cl)C(=O)OCC)c1. The van der Waals surface area contributed by atoms with Crippen molar-refractivity contribution in [3.05, 3.63) is 77.9 Å². The molecule has 3 aromatic rings. The number of hydrogen-bond acceptors (Lipinski definition) is 7. The second-order valence-electron chi connectivity index (χ2n) is 9.12. The highest BCUT2D eigenvalue weighted by Gasteiger charge is 2.19. The molecular weight excluding hydrogens is 540 g/mol. The van der Waals surface area contributed by atoms with Crippen LogP contribution in [0.3, 0.4) is 0 Å². The zero-order chi connectivity index (χ0) is 28.4. The second kappa shape index (κ2) is 14.2. The standard InChI is InChI=1S/C30H35ClO7S/c1-5-8-22-19-26(38-24-11-14-27(15-12-24)39(4,33)34)13-16-28(22)37-21(3)17-18-36-25-10-7-9-23(20-25)29(31)30(32)35-6-2/h7,9-16,19-21,29H,5-6,8,17-18H2,1-4H3.